The highest BCUT2D eigenvalue weighted by atomic mass is 16.4. The molecule has 0 aromatic heterocycles. The van der Waals surface area contributed by atoms with Gasteiger partial charge in [-0.3, -0.25) is 9.59 Å². The molecule has 4 aliphatic carbocycles. The molecule has 4 rings (SSSR count). The van der Waals surface area contributed by atoms with Crippen molar-refractivity contribution in [2.24, 2.45) is 33.5 Å². The minimum absolute atomic E-state index is 0.313. The van der Waals surface area contributed by atoms with E-state index in [-0.39, 0.29) is 10.8 Å². The third-order valence-electron chi connectivity index (χ3n) is 8.13. The number of hydrogen-bond donors (Lipinski definition) is 2. The standard InChI is InChI=1S/C20H26O4/c1-17(15(21)22)9-13-3-5-19(17,11-13)7-8-20-6-4-14(12-20)10-18(20,2)16(23)24/h3-6,13-14H,7-12H2,1-2H3,(H,21,22)(H,23,24). The molecular formula is C20H26O4. The van der Waals surface area contributed by atoms with Crippen LogP contribution in [0, 0.1) is 33.5 Å². The van der Waals surface area contributed by atoms with Crippen LogP contribution in [0.5, 0.6) is 0 Å². The first-order valence-electron chi connectivity index (χ1n) is 9.02. The SMILES string of the molecule is CC1(C(=O)O)CC2C=CC1(CCC13C=CC(C1)CC3(C)C(=O)O)C2. The molecule has 0 radical (unpaired) electrons. The molecule has 2 fully saturated rings. The van der Waals surface area contributed by atoms with Gasteiger partial charge in [-0.1, -0.05) is 24.3 Å². The zero-order valence-electron chi connectivity index (χ0n) is 14.4. The summed E-state index contributed by atoms with van der Waals surface area (Å²) < 4.78 is 0. The Labute approximate surface area is 142 Å². The molecule has 130 valence electrons. The number of carboxylic acids is 2. The molecular weight excluding hydrogens is 304 g/mol. The van der Waals surface area contributed by atoms with Crippen molar-refractivity contribution < 1.29 is 19.8 Å². The van der Waals surface area contributed by atoms with Gasteiger partial charge in [-0.25, -0.2) is 0 Å². The van der Waals surface area contributed by atoms with Crippen LogP contribution in [-0.2, 0) is 9.59 Å². The molecule has 4 aliphatic rings. The molecule has 2 N–H and O–H groups in total. The Bertz CT molecular complexity index is 621. The largest absolute Gasteiger partial charge is 0.481 e. The molecule has 0 saturated heterocycles. The number of aliphatic carboxylic acids is 2. The molecule has 0 aromatic rings. The maximum absolute atomic E-state index is 12.0. The van der Waals surface area contributed by atoms with E-state index < -0.39 is 22.8 Å². The number of rotatable bonds is 5. The van der Waals surface area contributed by atoms with Gasteiger partial charge >= 0.3 is 11.9 Å². The number of hydrogen-bond acceptors (Lipinski definition) is 2. The van der Waals surface area contributed by atoms with E-state index in [1.165, 1.54) is 0 Å². The Morgan fingerprint density at radius 3 is 1.50 bits per heavy atom. The summed E-state index contributed by atoms with van der Waals surface area (Å²) in [7, 11) is 0. The monoisotopic (exact) mass is 330 g/mol. The second-order valence-electron chi connectivity index (χ2n) is 9.14. The Kier molecular flexibility index (Phi) is 3.00. The van der Waals surface area contributed by atoms with Crippen LogP contribution in [-0.4, -0.2) is 22.2 Å². The molecule has 24 heavy (non-hydrogen) atoms. The van der Waals surface area contributed by atoms with Gasteiger partial charge in [-0.15, -0.1) is 0 Å². The van der Waals surface area contributed by atoms with Gasteiger partial charge in [0.15, 0.2) is 0 Å². The summed E-state index contributed by atoms with van der Waals surface area (Å²) in [6.45, 7) is 3.77. The van der Waals surface area contributed by atoms with Crippen LogP contribution < -0.4 is 0 Å². The van der Waals surface area contributed by atoms with Crippen LogP contribution in [0.1, 0.15) is 52.4 Å². The topological polar surface area (TPSA) is 74.6 Å². The predicted molar refractivity (Wildman–Crippen MR) is 89.3 cm³/mol. The van der Waals surface area contributed by atoms with Gasteiger partial charge < -0.3 is 10.2 Å². The van der Waals surface area contributed by atoms with E-state index in [9.17, 15) is 19.8 Å². The van der Waals surface area contributed by atoms with Crippen LogP contribution in [0.2, 0.25) is 0 Å². The third-order valence-corrected chi connectivity index (χ3v) is 8.13. The van der Waals surface area contributed by atoms with Crippen molar-refractivity contribution >= 4 is 11.9 Å². The van der Waals surface area contributed by atoms with Crippen molar-refractivity contribution in [2.75, 3.05) is 0 Å². The molecule has 2 saturated carbocycles. The van der Waals surface area contributed by atoms with Crippen molar-refractivity contribution in [3.05, 3.63) is 24.3 Å². The second-order valence-corrected chi connectivity index (χ2v) is 9.14. The average Bonchev–Trinajstić information content (AvgIpc) is 3.22. The highest BCUT2D eigenvalue weighted by molar-refractivity contribution is 5.78. The van der Waals surface area contributed by atoms with Crippen LogP contribution >= 0.6 is 0 Å². The van der Waals surface area contributed by atoms with Gasteiger partial charge in [0.05, 0.1) is 10.8 Å². The first-order valence-corrected chi connectivity index (χ1v) is 9.02. The molecule has 6 atom stereocenters. The minimum Gasteiger partial charge on any atom is -0.481 e. The predicted octanol–water partition coefficient (Wildman–Crippen LogP) is 3.88. The fourth-order valence-corrected chi connectivity index (χ4v) is 6.37. The van der Waals surface area contributed by atoms with Crippen LogP contribution in [0.4, 0.5) is 0 Å². The van der Waals surface area contributed by atoms with Crippen LogP contribution in [0.3, 0.4) is 0 Å². The normalized spacial score (nSPS) is 50.8. The van der Waals surface area contributed by atoms with Crippen molar-refractivity contribution in [3.63, 3.8) is 0 Å². The van der Waals surface area contributed by atoms with Crippen molar-refractivity contribution in [1.82, 2.24) is 0 Å². The summed E-state index contributed by atoms with van der Waals surface area (Å²) >= 11 is 0. The van der Waals surface area contributed by atoms with Gasteiger partial charge in [0.25, 0.3) is 0 Å². The molecule has 0 aromatic carbocycles. The summed E-state index contributed by atoms with van der Waals surface area (Å²) in [5, 5.41) is 19.7. The van der Waals surface area contributed by atoms with Crippen molar-refractivity contribution in [2.45, 2.75) is 52.4 Å². The molecule has 4 bridgehead atoms. The lowest BCUT2D eigenvalue weighted by atomic mass is 9.58. The molecule has 0 amide bonds. The molecule has 4 nitrogen and oxygen atoms in total. The third kappa shape index (κ3) is 1.69. The zero-order chi connectivity index (χ0) is 17.4. The number of fused-ring (bicyclic) bond motifs is 4. The average molecular weight is 330 g/mol. The fraction of sp³-hybridized carbons (Fsp3) is 0.700. The summed E-state index contributed by atoms with van der Waals surface area (Å²) in [4.78, 5) is 23.9. The van der Waals surface area contributed by atoms with Gasteiger partial charge in [0, 0.05) is 10.8 Å². The zero-order valence-corrected chi connectivity index (χ0v) is 14.4. The summed E-state index contributed by atoms with van der Waals surface area (Å²) in [6, 6.07) is 0. The maximum atomic E-state index is 12.0. The quantitative estimate of drug-likeness (QED) is 0.750. The van der Waals surface area contributed by atoms with E-state index in [0.29, 0.717) is 24.7 Å². The first kappa shape index (κ1) is 15.9. The molecule has 0 aliphatic heterocycles. The smallest absolute Gasteiger partial charge is 0.310 e. The molecule has 0 heterocycles. The minimum atomic E-state index is -0.719. The lowest BCUT2D eigenvalue weighted by molar-refractivity contribution is -0.156. The lowest BCUT2D eigenvalue weighted by Crippen LogP contribution is -2.44. The Balaban J connectivity index is 1.63. The van der Waals surface area contributed by atoms with Crippen molar-refractivity contribution in [1.29, 1.82) is 0 Å². The fourth-order valence-electron chi connectivity index (χ4n) is 6.37. The van der Waals surface area contributed by atoms with E-state index in [4.69, 9.17) is 0 Å². The maximum Gasteiger partial charge on any atom is 0.310 e. The van der Waals surface area contributed by atoms with Crippen LogP contribution in [0.15, 0.2) is 24.3 Å². The first-order chi connectivity index (χ1) is 11.2. The summed E-state index contributed by atoms with van der Waals surface area (Å²) in [5.74, 6) is -0.687. The number of carbonyl (C=O) groups is 2. The summed E-state index contributed by atoms with van der Waals surface area (Å²) in [5.41, 5.74) is -2.07. The van der Waals surface area contributed by atoms with E-state index in [1.54, 1.807) is 0 Å². The van der Waals surface area contributed by atoms with E-state index in [0.717, 1.165) is 25.7 Å². The van der Waals surface area contributed by atoms with Crippen molar-refractivity contribution in [3.8, 4) is 0 Å². The van der Waals surface area contributed by atoms with Crippen LogP contribution in [0.25, 0.3) is 0 Å². The number of carboxylic acid groups (broad SMARTS) is 2. The number of allylic oxidation sites excluding steroid dienone is 4. The molecule has 0 spiro atoms. The van der Waals surface area contributed by atoms with Gasteiger partial charge in [-0.05, 0) is 64.2 Å². The second kappa shape index (κ2) is 4.53. The summed E-state index contributed by atoms with van der Waals surface area (Å²) in [6.07, 6.45) is 13.4. The van der Waals surface area contributed by atoms with E-state index in [2.05, 4.69) is 24.3 Å². The Hall–Kier alpha value is -1.58. The van der Waals surface area contributed by atoms with Gasteiger partial charge in [0.2, 0.25) is 0 Å². The lowest BCUT2D eigenvalue weighted by Gasteiger charge is -2.44. The van der Waals surface area contributed by atoms with Gasteiger partial charge in [-0.2, -0.15) is 0 Å². The van der Waals surface area contributed by atoms with E-state index >= 15 is 0 Å². The molecule has 4 heteroatoms. The Morgan fingerprint density at radius 1 is 0.833 bits per heavy atom. The molecule has 6 unspecified atom stereocenters. The highest BCUT2D eigenvalue weighted by Gasteiger charge is 2.64. The van der Waals surface area contributed by atoms with E-state index in [1.807, 2.05) is 13.8 Å². The Morgan fingerprint density at radius 2 is 1.21 bits per heavy atom. The van der Waals surface area contributed by atoms with Gasteiger partial charge in [0.1, 0.15) is 0 Å². The highest BCUT2D eigenvalue weighted by Crippen LogP contribution is 2.67.